The summed E-state index contributed by atoms with van der Waals surface area (Å²) in [6.07, 6.45) is 3.90. The molecule has 0 radical (unpaired) electrons. The Morgan fingerprint density at radius 1 is 1.31 bits per heavy atom. The summed E-state index contributed by atoms with van der Waals surface area (Å²) in [4.78, 5) is 28.6. The SMILES string of the molecule is COCCNC(=O)[C@@H]1c2ccccc2C(=O)N(CC(C)C)C12CCCC2. The Morgan fingerprint density at radius 2 is 2.00 bits per heavy atom. The maximum Gasteiger partial charge on any atom is 0.254 e. The molecule has 1 saturated carbocycles. The molecule has 1 heterocycles. The van der Waals surface area contributed by atoms with Crippen LogP contribution in [0.2, 0.25) is 0 Å². The van der Waals surface area contributed by atoms with Crippen molar-refractivity contribution in [1.82, 2.24) is 10.2 Å². The average molecular weight is 358 g/mol. The highest BCUT2D eigenvalue weighted by Crippen LogP contribution is 2.50. The second-order valence-corrected chi connectivity index (χ2v) is 7.92. The van der Waals surface area contributed by atoms with E-state index in [0.717, 1.165) is 31.2 Å². The smallest absolute Gasteiger partial charge is 0.254 e. The number of carbonyl (C=O) groups excluding carboxylic acids is 2. The van der Waals surface area contributed by atoms with Gasteiger partial charge in [-0.25, -0.2) is 0 Å². The van der Waals surface area contributed by atoms with Crippen LogP contribution >= 0.6 is 0 Å². The van der Waals surface area contributed by atoms with E-state index in [-0.39, 0.29) is 17.7 Å². The van der Waals surface area contributed by atoms with Gasteiger partial charge in [0.25, 0.3) is 5.91 Å². The average Bonchev–Trinajstić information content (AvgIpc) is 3.09. The zero-order chi connectivity index (χ0) is 18.7. The number of nitrogens with one attached hydrogen (secondary N) is 1. The molecule has 2 aliphatic rings. The lowest BCUT2D eigenvalue weighted by Gasteiger charge is -2.50. The molecular formula is C21H30N2O3. The number of hydrogen-bond donors (Lipinski definition) is 1. The quantitative estimate of drug-likeness (QED) is 0.796. The van der Waals surface area contributed by atoms with Gasteiger partial charge < -0.3 is 15.0 Å². The molecule has 0 unspecified atom stereocenters. The topological polar surface area (TPSA) is 58.6 Å². The summed E-state index contributed by atoms with van der Waals surface area (Å²) in [6, 6.07) is 7.64. The Morgan fingerprint density at radius 3 is 2.65 bits per heavy atom. The molecule has 1 aliphatic carbocycles. The molecule has 1 fully saturated rings. The summed E-state index contributed by atoms with van der Waals surface area (Å²) in [6.45, 7) is 5.92. The summed E-state index contributed by atoms with van der Waals surface area (Å²) in [7, 11) is 1.63. The fraction of sp³-hybridized carbons (Fsp3) is 0.619. The number of methoxy groups -OCH3 is 1. The Hall–Kier alpha value is -1.88. The first kappa shape index (κ1) is 18.9. The first-order valence-electron chi connectivity index (χ1n) is 9.69. The lowest BCUT2D eigenvalue weighted by atomic mass is 9.70. The van der Waals surface area contributed by atoms with Crippen LogP contribution in [0, 0.1) is 5.92 Å². The summed E-state index contributed by atoms with van der Waals surface area (Å²) < 4.78 is 5.08. The van der Waals surface area contributed by atoms with Crippen LogP contribution in [0.1, 0.15) is 61.4 Å². The molecule has 1 aromatic carbocycles. The van der Waals surface area contributed by atoms with E-state index < -0.39 is 5.54 Å². The van der Waals surface area contributed by atoms with Crippen LogP contribution in [0.15, 0.2) is 24.3 Å². The number of benzene rings is 1. The minimum Gasteiger partial charge on any atom is -0.383 e. The normalized spacial score (nSPS) is 21.3. The monoisotopic (exact) mass is 358 g/mol. The first-order valence-corrected chi connectivity index (χ1v) is 9.69. The maximum absolute atomic E-state index is 13.3. The van der Waals surface area contributed by atoms with E-state index in [1.807, 2.05) is 29.2 Å². The van der Waals surface area contributed by atoms with Crippen LogP contribution in [0.3, 0.4) is 0 Å². The van der Waals surface area contributed by atoms with E-state index in [1.165, 1.54) is 0 Å². The van der Waals surface area contributed by atoms with Crippen molar-refractivity contribution < 1.29 is 14.3 Å². The molecule has 2 amide bonds. The highest BCUT2D eigenvalue weighted by Gasteiger charge is 2.55. The van der Waals surface area contributed by atoms with Gasteiger partial charge in [0.2, 0.25) is 5.91 Å². The molecule has 1 atom stereocenters. The van der Waals surface area contributed by atoms with Crippen molar-refractivity contribution in [1.29, 1.82) is 0 Å². The summed E-state index contributed by atoms with van der Waals surface area (Å²) in [5, 5.41) is 3.03. The van der Waals surface area contributed by atoms with Crippen molar-refractivity contribution in [3.8, 4) is 0 Å². The Kier molecular flexibility index (Phi) is 5.66. The summed E-state index contributed by atoms with van der Waals surface area (Å²) in [5.74, 6) is 0.142. The molecule has 1 N–H and O–H groups in total. The van der Waals surface area contributed by atoms with E-state index in [9.17, 15) is 9.59 Å². The van der Waals surface area contributed by atoms with Gasteiger partial charge in [-0.1, -0.05) is 44.9 Å². The van der Waals surface area contributed by atoms with Crippen molar-refractivity contribution >= 4 is 11.8 Å². The van der Waals surface area contributed by atoms with E-state index in [4.69, 9.17) is 4.74 Å². The molecule has 142 valence electrons. The molecular weight excluding hydrogens is 328 g/mol. The Balaban J connectivity index is 2.06. The highest BCUT2D eigenvalue weighted by molar-refractivity contribution is 6.02. The van der Waals surface area contributed by atoms with Crippen molar-refractivity contribution in [3.05, 3.63) is 35.4 Å². The number of carbonyl (C=O) groups is 2. The van der Waals surface area contributed by atoms with Gasteiger partial charge in [0, 0.05) is 25.8 Å². The van der Waals surface area contributed by atoms with Gasteiger partial charge in [-0.2, -0.15) is 0 Å². The number of hydrogen-bond acceptors (Lipinski definition) is 3. The molecule has 1 aliphatic heterocycles. The fourth-order valence-corrected chi connectivity index (χ4v) is 4.68. The summed E-state index contributed by atoms with van der Waals surface area (Å²) in [5.41, 5.74) is 1.17. The molecule has 1 aromatic rings. The predicted octanol–water partition coefficient (Wildman–Crippen LogP) is 2.96. The lowest BCUT2D eigenvalue weighted by Crippen LogP contribution is -2.61. The fourth-order valence-electron chi connectivity index (χ4n) is 4.68. The van der Waals surface area contributed by atoms with Crippen LogP contribution in [0.5, 0.6) is 0 Å². The van der Waals surface area contributed by atoms with Gasteiger partial charge >= 0.3 is 0 Å². The predicted molar refractivity (Wildman–Crippen MR) is 101 cm³/mol. The van der Waals surface area contributed by atoms with Crippen molar-refractivity contribution in [2.24, 2.45) is 5.92 Å². The largest absolute Gasteiger partial charge is 0.383 e. The van der Waals surface area contributed by atoms with Gasteiger partial charge in [-0.3, -0.25) is 9.59 Å². The van der Waals surface area contributed by atoms with Crippen LogP contribution in [0.4, 0.5) is 0 Å². The van der Waals surface area contributed by atoms with E-state index in [0.29, 0.717) is 31.2 Å². The zero-order valence-electron chi connectivity index (χ0n) is 16.1. The van der Waals surface area contributed by atoms with Crippen LogP contribution < -0.4 is 5.32 Å². The number of ether oxygens (including phenoxy) is 1. The first-order chi connectivity index (χ1) is 12.5. The molecule has 5 nitrogen and oxygen atoms in total. The van der Waals surface area contributed by atoms with Gasteiger partial charge in [-0.05, 0) is 30.4 Å². The molecule has 26 heavy (non-hydrogen) atoms. The van der Waals surface area contributed by atoms with Crippen LogP contribution in [-0.2, 0) is 9.53 Å². The number of nitrogens with zero attached hydrogens (tertiary/aromatic N) is 1. The molecule has 0 bridgehead atoms. The number of amides is 2. The standard InChI is InChI=1S/C21H30N2O3/c1-15(2)14-23-20(25)17-9-5-4-8-16(17)18(19(24)22-12-13-26-3)21(23)10-6-7-11-21/h4-5,8-9,15,18H,6-7,10-14H2,1-3H3,(H,22,24)/t18-/m0/s1. The zero-order valence-corrected chi connectivity index (χ0v) is 16.1. The maximum atomic E-state index is 13.3. The van der Waals surface area contributed by atoms with Crippen molar-refractivity contribution in [3.63, 3.8) is 0 Å². The Bertz CT molecular complexity index is 665. The number of rotatable bonds is 6. The van der Waals surface area contributed by atoms with Gasteiger partial charge in [0.15, 0.2) is 0 Å². The van der Waals surface area contributed by atoms with E-state index in [2.05, 4.69) is 19.2 Å². The van der Waals surface area contributed by atoms with Crippen LogP contribution in [0.25, 0.3) is 0 Å². The third kappa shape index (κ3) is 3.25. The Labute approximate surface area is 156 Å². The van der Waals surface area contributed by atoms with Gasteiger partial charge in [0.1, 0.15) is 0 Å². The molecule has 0 saturated heterocycles. The van der Waals surface area contributed by atoms with E-state index in [1.54, 1.807) is 7.11 Å². The highest BCUT2D eigenvalue weighted by atomic mass is 16.5. The third-order valence-electron chi connectivity index (χ3n) is 5.71. The molecule has 5 heteroatoms. The second-order valence-electron chi connectivity index (χ2n) is 7.92. The van der Waals surface area contributed by atoms with Crippen molar-refractivity contribution in [2.75, 3.05) is 26.8 Å². The molecule has 3 rings (SSSR count). The van der Waals surface area contributed by atoms with Crippen molar-refractivity contribution in [2.45, 2.75) is 51.0 Å². The lowest BCUT2D eigenvalue weighted by molar-refractivity contribution is -0.126. The minimum absolute atomic E-state index is 0.0117. The van der Waals surface area contributed by atoms with Gasteiger partial charge in [0.05, 0.1) is 18.1 Å². The van der Waals surface area contributed by atoms with Gasteiger partial charge in [-0.15, -0.1) is 0 Å². The van der Waals surface area contributed by atoms with E-state index >= 15 is 0 Å². The molecule has 0 aromatic heterocycles. The molecule has 1 spiro atoms. The second kappa shape index (κ2) is 7.78. The van der Waals surface area contributed by atoms with Crippen LogP contribution in [-0.4, -0.2) is 49.1 Å². The number of fused-ring (bicyclic) bond motifs is 1. The minimum atomic E-state index is -0.396. The third-order valence-corrected chi connectivity index (χ3v) is 5.71. The summed E-state index contributed by atoms with van der Waals surface area (Å²) >= 11 is 0.